The highest BCUT2D eigenvalue weighted by atomic mass is 16.4. The van der Waals surface area contributed by atoms with Gasteiger partial charge in [-0.1, -0.05) is 48.5 Å². The maximum absolute atomic E-state index is 12.9. The van der Waals surface area contributed by atoms with E-state index in [2.05, 4.69) is 49.6 Å². The molecule has 6 aromatic rings. The molecule has 0 radical (unpaired) electrons. The number of benzene rings is 4. The molecule has 0 aliphatic heterocycles. The van der Waals surface area contributed by atoms with Gasteiger partial charge in [-0.3, -0.25) is 0 Å². The maximum atomic E-state index is 12.9. The van der Waals surface area contributed by atoms with E-state index < -0.39 is 0 Å². The lowest BCUT2D eigenvalue weighted by atomic mass is 9.98. The van der Waals surface area contributed by atoms with Crippen molar-refractivity contribution in [3.8, 4) is 33.4 Å². The number of fused-ring (bicyclic) bond motifs is 2. The molecule has 6 rings (SSSR count). The molecule has 0 spiro atoms. The number of nitrogens with zero attached hydrogens (tertiary/aromatic N) is 2. The minimum absolute atomic E-state index is 0.357. The zero-order valence-corrected chi connectivity index (χ0v) is 25.6. The average molecular weight is 585 g/mol. The Balaban J connectivity index is 1.24. The second-order valence-corrected chi connectivity index (χ2v) is 10.8. The van der Waals surface area contributed by atoms with Crippen LogP contribution in [0.3, 0.4) is 0 Å². The number of anilines is 2. The molecule has 0 bridgehead atoms. The molecule has 0 unspecified atom stereocenters. The van der Waals surface area contributed by atoms with Gasteiger partial charge in [0.15, 0.2) is 0 Å². The van der Waals surface area contributed by atoms with Crippen LogP contribution in [0.1, 0.15) is 27.7 Å². The molecule has 0 saturated heterocycles. The van der Waals surface area contributed by atoms with Crippen LogP contribution in [0.5, 0.6) is 0 Å². The fourth-order valence-electron chi connectivity index (χ4n) is 5.86. The first-order valence-electron chi connectivity index (χ1n) is 15.3. The monoisotopic (exact) mass is 584 g/mol. The van der Waals surface area contributed by atoms with Crippen molar-refractivity contribution in [2.45, 2.75) is 27.7 Å². The highest BCUT2D eigenvalue weighted by Gasteiger charge is 2.13. The van der Waals surface area contributed by atoms with Crippen molar-refractivity contribution in [3.63, 3.8) is 0 Å². The normalized spacial score (nSPS) is 11.3. The van der Waals surface area contributed by atoms with Gasteiger partial charge < -0.3 is 18.6 Å². The second kappa shape index (κ2) is 12.3. The Bertz CT molecular complexity index is 1900. The van der Waals surface area contributed by atoms with E-state index in [1.165, 1.54) is 0 Å². The average Bonchev–Trinajstić information content (AvgIpc) is 3.05. The molecule has 0 aliphatic carbocycles. The largest absolute Gasteiger partial charge is 0.422 e. The Labute approximate surface area is 256 Å². The summed E-state index contributed by atoms with van der Waals surface area (Å²) in [5, 5.41) is 1.77. The van der Waals surface area contributed by atoms with Crippen LogP contribution in [-0.4, -0.2) is 26.2 Å². The second-order valence-electron chi connectivity index (χ2n) is 10.8. The smallest absolute Gasteiger partial charge is 0.344 e. The molecular weight excluding hydrogens is 548 g/mol. The Morgan fingerprint density at radius 3 is 1.14 bits per heavy atom. The number of hydrogen-bond acceptors (Lipinski definition) is 6. The van der Waals surface area contributed by atoms with Gasteiger partial charge in [0.2, 0.25) is 0 Å². The molecule has 2 aromatic heterocycles. The van der Waals surface area contributed by atoms with Crippen molar-refractivity contribution in [1.29, 1.82) is 0 Å². The van der Waals surface area contributed by atoms with Crippen LogP contribution in [0.2, 0.25) is 0 Å². The predicted molar refractivity (Wildman–Crippen MR) is 182 cm³/mol. The summed E-state index contributed by atoms with van der Waals surface area (Å²) in [6.07, 6.45) is 0. The van der Waals surface area contributed by atoms with Crippen LogP contribution in [0.4, 0.5) is 11.4 Å². The molecule has 0 amide bonds. The van der Waals surface area contributed by atoms with E-state index >= 15 is 0 Å². The van der Waals surface area contributed by atoms with E-state index in [0.717, 1.165) is 70.6 Å². The van der Waals surface area contributed by atoms with Gasteiger partial charge in [0.25, 0.3) is 0 Å². The van der Waals surface area contributed by atoms with Crippen molar-refractivity contribution in [2.75, 3.05) is 36.0 Å². The van der Waals surface area contributed by atoms with Gasteiger partial charge >= 0.3 is 11.3 Å². The van der Waals surface area contributed by atoms with Gasteiger partial charge in [-0.15, -0.1) is 0 Å². The zero-order chi connectivity index (χ0) is 30.8. The number of hydrogen-bond donors (Lipinski definition) is 0. The van der Waals surface area contributed by atoms with Crippen LogP contribution in [-0.2, 0) is 0 Å². The third kappa shape index (κ3) is 5.51. The van der Waals surface area contributed by atoms with E-state index in [-0.39, 0.29) is 11.3 Å². The summed E-state index contributed by atoms with van der Waals surface area (Å²) >= 11 is 0. The van der Waals surface area contributed by atoms with Crippen molar-refractivity contribution < 1.29 is 8.83 Å². The Morgan fingerprint density at radius 2 is 0.795 bits per heavy atom. The van der Waals surface area contributed by atoms with Crippen molar-refractivity contribution in [3.05, 3.63) is 118 Å². The van der Waals surface area contributed by atoms with E-state index in [1.54, 1.807) is 0 Å². The molecule has 44 heavy (non-hydrogen) atoms. The van der Waals surface area contributed by atoms with Gasteiger partial charge in [0, 0.05) is 60.5 Å². The van der Waals surface area contributed by atoms with Gasteiger partial charge in [0.1, 0.15) is 11.2 Å². The fourth-order valence-corrected chi connectivity index (χ4v) is 5.86. The molecule has 2 heterocycles. The minimum Gasteiger partial charge on any atom is -0.422 e. The lowest BCUT2D eigenvalue weighted by Crippen LogP contribution is -2.21. The predicted octanol–water partition coefficient (Wildman–Crippen LogP) is 8.59. The summed E-state index contributed by atoms with van der Waals surface area (Å²) in [5.74, 6) is 0. The fraction of sp³-hybridized carbons (Fsp3) is 0.211. The summed E-state index contributed by atoms with van der Waals surface area (Å²) in [5.41, 5.74) is 7.21. The number of rotatable bonds is 9. The lowest BCUT2D eigenvalue weighted by molar-refractivity contribution is 0.563. The first kappa shape index (κ1) is 29.0. The quantitative estimate of drug-likeness (QED) is 0.159. The first-order valence-corrected chi connectivity index (χ1v) is 15.3. The molecule has 0 aliphatic rings. The van der Waals surface area contributed by atoms with Crippen LogP contribution in [0.15, 0.2) is 115 Å². The molecular formula is C38H36N2O4. The summed E-state index contributed by atoms with van der Waals surface area (Å²) in [4.78, 5) is 30.3. The van der Waals surface area contributed by atoms with Gasteiger partial charge in [-0.2, -0.15) is 0 Å². The standard InChI is InChI=1S/C38H36N2O4/c1-5-39(6-2)31-19-17-29-21-33(37(41)43-35(29)23-31)27-13-9-25(10-14-27)26-11-15-28(16-12-26)34-22-30-18-20-32(40(7-3)8-4)24-36(30)44-38(34)42/h9-24H,5-8H2,1-4H3. The summed E-state index contributed by atoms with van der Waals surface area (Å²) in [6.45, 7) is 12.0. The molecule has 222 valence electrons. The molecule has 6 heteroatoms. The van der Waals surface area contributed by atoms with Crippen molar-refractivity contribution in [1.82, 2.24) is 0 Å². The topological polar surface area (TPSA) is 66.9 Å². The summed E-state index contributed by atoms with van der Waals surface area (Å²) in [6, 6.07) is 31.6. The van der Waals surface area contributed by atoms with Crippen LogP contribution in [0.25, 0.3) is 55.3 Å². The van der Waals surface area contributed by atoms with E-state index in [4.69, 9.17) is 8.83 Å². The van der Waals surface area contributed by atoms with Gasteiger partial charge in [-0.05, 0) is 86.3 Å². The molecule has 0 N–H and O–H groups in total. The lowest BCUT2D eigenvalue weighted by Gasteiger charge is -2.21. The molecule has 0 saturated carbocycles. The molecule has 6 nitrogen and oxygen atoms in total. The third-order valence-electron chi connectivity index (χ3n) is 8.42. The summed E-state index contributed by atoms with van der Waals surface area (Å²) in [7, 11) is 0. The van der Waals surface area contributed by atoms with Crippen molar-refractivity contribution >= 4 is 33.3 Å². The molecule has 0 fully saturated rings. The Kier molecular flexibility index (Phi) is 8.07. The highest BCUT2D eigenvalue weighted by Crippen LogP contribution is 2.30. The van der Waals surface area contributed by atoms with E-state index in [9.17, 15) is 9.59 Å². The zero-order valence-electron chi connectivity index (χ0n) is 25.6. The molecule has 4 aromatic carbocycles. The highest BCUT2D eigenvalue weighted by molar-refractivity contribution is 5.86. The third-order valence-corrected chi connectivity index (χ3v) is 8.42. The van der Waals surface area contributed by atoms with E-state index in [1.807, 2.05) is 84.9 Å². The molecule has 0 atom stereocenters. The Hall–Kier alpha value is -5.10. The van der Waals surface area contributed by atoms with Crippen LogP contribution < -0.4 is 21.1 Å². The minimum atomic E-state index is -0.357. The van der Waals surface area contributed by atoms with Crippen LogP contribution in [0, 0.1) is 0 Å². The SMILES string of the molecule is CCN(CC)c1ccc2cc(-c3ccc(-c4ccc(-c5cc6ccc(N(CC)CC)cc6oc5=O)cc4)cc3)c(=O)oc2c1. The Morgan fingerprint density at radius 1 is 0.455 bits per heavy atom. The van der Waals surface area contributed by atoms with Gasteiger partial charge in [-0.25, -0.2) is 9.59 Å². The van der Waals surface area contributed by atoms with Crippen LogP contribution >= 0.6 is 0 Å². The summed E-state index contributed by atoms with van der Waals surface area (Å²) < 4.78 is 11.5. The van der Waals surface area contributed by atoms with Gasteiger partial charge in [0.05, 0.1) is 11.1 Å². The first-order chi connectivity index (χ1) is 21.4. The van der Waals surface area contributed by atoms with E-state index in [0.29, 0.717) is 22.3 Å². The van der Waals surface area contributed by atoms with Crippen molar-refractivity contribution in [2.24, 2.45) is 0 Å². The maximum Gasteiger partial charge on any atom is 0.344 e.